The molecule has 0 aliphatic carbocycles. The number of Topliss-reactive ketones (excluding diaryl/α,β-unsaturated/α-hetero) is 1. The number of nitrogens with two attached hydrogens (primary N) is 1. The van der Waals surface area contributed by atoms with Crippen molar-refractivity contribution in [2.24, 2.45) is 5.73 Å². The van der Waals surface area contributed by atoms with Crippen LogP contribution in [0.5, 0.6) is 0 Å². The number of hydrogen-bond acceptors (Lipinski definition) is 3. The topological polar surface area (TPSA) is 52.3 Å². The predicted octanol–water partition coefficient (Wildman–Crippen LogP) is 2.67. The van der Waals surface area contributed by atoms with E-state index in [4.69, 9.17) is 10.2 Å². The van der Waals surface area contributed by atoms with Crippen LogP contribution in [0.3, 0.4) is 0 Å². The van der Waals surface area contributed by atoms with Gasteiger partial charge < -0.3 is 10.2 Å². The van der Waals surface area contributed by atoms with Gasteiger partial charge in [0.15, 0.2) is 29.1 Å². The maximum Gasteiger partial charge on any atom is 0.210 e. The van der Waals surface area contributed by atoms with Crippen molar-refractivity contribution >= 4 is 14.1 Å². The molecule has 1 atom stereocenters. The summed E-state index contributed by atoms with van der Waals surface area (Å²) in [5.41, 5.74) is 2.61. The van der Waals surface area contributed by atoms with Gasteiger partial charge in [0.05, 0.1) is 11.2 Å². The largest absolute Gasteiger partial charge is 0.416 e. The highest BCUT2D eigenvalue weighted by molar-refractivity contribution is 6.76. The molecule has 1 rings (SSSR count). The van der Waals surface area contributed by atoms with Gasteiger partial charge in [-0.2, -0.15) is 0 Å². The SMILES string of the molecule is CCO[Si](C)(C)C(N)C(=O)c1c(F)c(F)c(F)c(F)c1F. The zero-order chi connectivity index (χ0) is 16.5. The van der Waals surface area contributed by atoms with Crippen molar-refractivity contribution in [2.45, 2.75) is 25.7 Å². The lowest BCUT2D eigenvalue weighted by Crippen LogP contribution is -2.55. The van der Waals surface area contributed by atoms with E-state index in [1.807, 2.05) is 0 Å². The van der Waals surface area contributed by atoms with Crippen LogP contribution in [-0.4, -0.2) is 26.4 Å². The fraction of sp³-hybridized carbons (Fsp3) is 0.417. The van der Waals surface area contributed by atoms with Gasteiger partial charge >= 0.3 is 0 Å². The quantitative estimate of drug-likeness (QED) is 0.297. The molecule has 0 saturated carbocycles. The summed E-state index contributed by atoms with van der Waals surface area (Å²) in [6.07, 6.45) is 0. The summed E-state index contributed by atoms with van der Waals surface area (Å²) in [6, 6.07) is 0. The van der Waals surface area contributed by atoms with Gasteiger partial charge in [-0.25, -0.2) is 22.0 Å². The second-order valence-electron chi connectivity index (χ2n) is 4.82. The van der Waals surface area contributed by atoms with E-state index in [9.17, 15) is 26.7 Å². The normalized spacial score (nSPS) is 13.4. The lowest BCUT2D eigenvalue weighted by atomic mass is 10.1. The van der Waals surface area contributed by atoms with Crippen LogP contribution in [0, 0.1) is 29.1 Å². The number of hydrogen-bond donors (Lipinski definition) is 1. The average Bonchev–Trinajstić information content (AvgIpc) is 2.42. The number of halogens is 5. The molecular formula is C12H14F5NO2Si. The third-order valence-corrected chi connectivity index (χ3v) is 5.80. The van der Waals surface area contributed by atoms with Crippen LogP contribution < -0.4 is 5.73 Å². The average molecular weight is 327 g/mol. The van der Waals surface area contributed by atoms with Crippen LogP contribution in [0.2, 0.25) is 13.1 Å². The predicted molar refractivity (Wildman–Crippen MR) is 67.6 cm³/mol. The molecule has 118 valence electrons. The zero-order valence-corrected chi connectivity index (χ0v) is 12.6. The van der Waals surface area contributed by atoms with Crippen LogP contribution in [0.1, 0.15) is 17.3 Å². The van der Waals surface area contributed by atoms with Crippen LogP contribution >= 0.6 is 0 Å². The molecule has 1 unspecified atom stereocenters. The van der Waals surface area contributed by atoms with Gasteiger partial charge in [0, 0.05) is 6.61 Å². The minimum atomic E-state index is -2.89. The van der Waals surface area contributed by atoms with Crippen molar-refractivity contribution in [3.05, 3.63) is 34.6 Å². The summed E-state index contributed by atoms with van der Waals surface area (Å²) >= 11 is 0. The summed E-state index contributed by atoms with van der Waals surface area (Å²) in [4.78, 5) is 12.0. The molecular weight excluding hydrogens is 313 g/mol. The second kappa shape index (κ2) is 6.20. The van der Waals surface area contributed by atoms with Crippen molar-refractivity contribution in [1.82, 2.24) is 0 Å². The van der Waals surface area contributed by atoms with Crippen molar-refractivity contribution in [3.8, 4) is 0 Å². The second-order valence-corrected chi connectivity index (χ2v) is 8.94. The van der Waals surface area contributed by atoms with E-state index in [1.165, 1.54) is 13.1 Å². The Morgan fingerprint density at radius 1 is 1.05 bits per heavy atom. The summed E-state index contributed by atoms with van der Waals surface area (Å²) < 4.78 is 71.5. The number of benzene rings is 1. The van der Waals surface area contributed by atoms with E-state index >= 15 is 0 Å². The van der Waals surface area contributed by atoms with Gasteiger partial charge in [-0.3, -0.25) is 4.79 Å². The molecule has 0 aromatic heterocycles. The Bertz CT molecular complexity index is 550. The molecule has 0 saturated heterocycles. The minimum Gasteiger partial charge on any atom is -0.416 e. The number of ketones is 1. The molecule has 1 aromatic rings. The van der Waals surface area contributed by atoms with E-state index < -0.39 is 54.4 Å². The van der Waals surface area contributed by atoms with Crippen LogP contribution in [0.15, 0.2) is 0 Å². The summed E-state index contributed by atoms with van der Waals surface area (Å²) in [6.45, 7) is 4.85. The van der Waals surface area contributed by atoms with Gasteiger partial charge in [-0.1, -0.05) is 0 Å². The first-order valence-electron chi connectivity index (χ1n) is 6.01. The van der Waals surface area contributed by atoms with E-state index in [1.54, 1.807) is 6.92 Å². The first-order valence-corrected chi connectivity index (χ1v) is 9.00. The number of rotatable bonds is 5. The molecule has 0 bridgehead atoms. The summed E-state index contributed by atoms with van der Waals surface area (Å²) in [5, 5.41) is 0. The van der Waals surface area contributed by atoms with Gasteiger partial charge in [0.25, 0.3) is 0 Å². The Morgan fingerprint density at radius 2 is 1.43 bits per heavy atom. The smallest absolute Gasteiger partial charge is 0.210 e. The van der Waals surface area contributed by atoms with Crippen LogP contribution in [-0.2, 0) is 4.43 Å². The Labute approximate surface area is 119 Å². The molecule has 0 radical (unpaired) electrons. The van der Waals surface area contributed by atoms with Gasteiger partial charge in [-0.15, -0.1) is 0 Å². The summed E-state index contributed by atoms with van der Waals surface area (Å²) in [5.74, 6) is -12.4. The molecule has 2 N–H and O–H groups in total. The van der Waals surface area contributed by atoms with Gasteiger partial charge in [-0.05, 0) is 20.0 Å². The van der Waals surface area contributed by atoms with E-state index in [2.05, 4.69) is 0 Å². The van der Waals surface area contributed by atoms with E-state index in [-0.39, 0.29) is 6.61 Å². The first kappa shape index (κ1) is 17.7. The molecule has 9 heteroatoms. The van der Waals surface area contributed by atoms with Crippen molar-refractivity contribution < 1.29 is 31.2 Å². The number of carbonyl (C=O) groups excluding carboxylic acids is 1. The maximum atomic E-state index is 13.6. The van der Waals surface area contributed by atoms with E-state index in [0.29, 0.717) is 0 Å². The fourth-order valence-corrected chi connectivity index (χ4v) is 3.45. The lowest BCUT2D eigenvalue weighted by molar-refractivity contribution is 0.0965. The monoisotopic (exact) mass is 327 g/mol. The standard InChI is InChI=1S/C12H14F5NO2Si/c1-4-20-21(2,3)12(18)11(19)5-6(13)8(15)10(17)9(16)7(5)14/h12H,4,18H2,1-3H3. The highest BCUT2D eigenvalue weighted by atomic mass is 28.4. The minimum absolute atomic E-state index is 0.206. The highest BCUT2D eigenvalue weighted by Crippen LogP contribution is 2.25. The third-order valence-electron chi connectivity index (χ3n) is 3.00. The molecule has 0 fully saturated rings. The van der Waals surface area contributed by atoms with Crippen molar-refractivity contribution in [1.29, 1.82) is 0 Å². The molecule has 0 aliphatic heterocycles. The Morgan fingerprint density at radius 3 is 1.81 bits per heavy atom. The lowest BCUT2D eigenvalue weighted by Gasteiger charge is -2.28. The van der Waals surface area contributed by atoms with Crippen molar-refractivity contribution in [2.75, 3.05) is 6.61 Å². The molecule has 21 heavy (non-hydrogen) atoms. The third kappa shape index (κ3) is 3.14. The Balaban J connectivity index is 3.38. The van der Waals surface area contributed by atoms with Gasteiger partial charge in [0.2, 0.25) is 14.1 Å². The molecule has 0 amide bonds. The molecule has 1 aromatic carbocycles. The number of carbonyl (C=O) groups is 1. The highest BCUT2D eigenvalue weighted by Gasteiger charge is 2.40. The molecule has 0 heterocycles. The fourth-order valence-electron chi connectivity index (χ4n) is 1.75. The Kier molecular flexibility index (Phi) is 5.24. The first-order chi connectivity index (χ1) is 9.56. The van der Waals surface area contributed by atoms with Crippen molar-refractivity contribution in [3.63, 3.8) is 0 Å². The van der Waals surface area contributed by atoms with Crippen LogP contribution in [0.4, 0.5) is 22.0 Å². The Hall–Kier alpha value is -1.32. The maximum absolute atomic E-state index is 13.6. The molecule has 0 spiro atoms. The molecule has 0 aliphatic rings. The zero-order valence-electron chi connectivity index (χ0n) is 11.6. The van der Waals surface area contributed by atoms with E-state index in [0.717, 1.165) is 0 Å². The van der Waals surface area contributed by atoms with Crippen LogP contribution in [0.25, 0.3) is 0 Å². The summed E-state index contributed by atoms with van der Waals surface area (Å²) in [7, 11) is -2.89. The molecule has 3 nitrogen and oxygen atoms in total. The van der Waals surface area contributed by atoms with Gasteiger partial charge in [0.1, 0.15) is 0 Å².